The quantitative estimate of drug-likeness (QED) is 0.402. The fraction of sp³-hybridized carbons (Fsp3) is 0. The highest BCUT2D eigenvalue weighted by atomic mass is 32.2. The molecule has 4 aromatic rings. The SMILES string of the molecule is O=C(Oc1ccc(S(=O)(=O)c2ccccc2)cc1)c1cn2ccccc2n1. The summed E-state index contributed by atoms with van der Waals surface area (Å²) in [4.78, 5) is 16.8. The number of imidazole rings is 1. The lowest BCUT2D eigenvalue weighted by Gasteiger charge is -2.06. The highest BCUT2D eigenvalue weighted by Crippen LogP contribution is 2.23. The Morgan fingerprint density at radius 3 is 2.22 bits per heavy atom. The summed E-state index contributed by atoms with van der Waals surface area (Å²) in [5, 5.41) is 0. The molecule has 0 fully saturated rings. The van der Waals surface area contributed by atoms with Crippen LogP contribution < -0.4 is 4.74 Å². The van der Waals surface area contributed by atoms with E-state index in [0.29, 0.717) is 5.65 Å². The van der Waals surface area contributed by atoms with E-state index in [4.69, 9.17) is 4.74 Å². The minimum atomic E-state index is -3.61. The van der Waals surface area contributed by atoms with Gasteiger partial charge >= 0.3 is 5.97 Å². The summed E-state index contributed by atoms with van der Waals surface area (Å²) in [7, 11) is -3.61. The molecule has 4 rings (SSSR count). The molecule has 2 heterocycles. The second-order valence-corrected chi connectivity index (χ2v) is 7.72. The number of fused-ring (bicyclic) bond motifs is 1. The van der Waals surface area contributed by atoms with Crippen molar-refractivity contribution in [3.8, 4) is 5.75 Å². The zero-order chi connectivity index (χ0) is 18.9. The van der Waals surface area contributed by atoms with E-state index in [2.05, 4.69) is 4.98 Å². The van der Waals surface area contributed by atoms with E-state index in [1.807, 2.05) is 12.1 Å². The lowest BCUT2D eigenvalue weighted by molar-refractivity contribution is 0.0729. The molecule has 2 aromatic carbocycles. The zero-order valence-electron chi connectivity index (χ0n) is 14.0. The van der Waals surface area contributed by atoms with Crippen molar-refractivity contribution in [3.63, 3.8) is 0 Å². The van der Waals surface area contributed by atoms with Crippen LogP contribution in [0.5, 0.6) is 5.75 Å². The van der Waals surface area contributed by atoms with E-state index in [0.717, 1.165) is 0 Å². The van der Waals surface area contributed by atoms with Crippen molar-refractivity contribution in [1.82, 2.24) is 9.38 Å². The Morgan fingerprint density at radius 2 is 1.52 bits per heavy atom. The first-order chi connectivity index (χ1) is 13.0. The van der Waals surface area contributed by atoms with Crippen LogP contribution in [0.3, 0.4) is 0 Å². The maximum absolute atomic E-state index is 12.6. The van der Waals surface area contributed by atoms with Gasteiger partial charge in [0.1, 0.15) is 11.4 Å². The molecule has 134 valence electrons. The molecule has 6 nitrogen and oxygen atoms in total. The highest BCUT2D eigenvalue weighted by Gasteiger charge is 2.18. The molecule has 7 heteroatoms. The molecule has 0 aliphatic heterocycles. The molecule has 0 radical (unpaired) electrons. The van der Waals surface area contributed by atoms with Crippen LogP contribution in [0.1, 0.15) is 10.5 Å². The number of ether oxygens (including phenoxy) is 1. The second-order valence-electron chi connectivity index (χ2n) is 5.77. The Balaban J connectivity index is 1.55. The molecular formula is C20H14N2O4S. The summed E-state index contributed by atoms with van der Waals surface area (Å²) in [6, 6.07) is 19.3. The predicted octanol–water partition coefficient (Wildman–Crippen LogP) is 3.39. The second kappa shape index (κ2) is 6.69. The maximum atomic E-state index is 12.6. The van der Waals surface area contributed by atoms with Crippen LogP contribution in [-0.4, -0.2) is 23.8 Å². The summed E-state index contributed by atoms with van der Waals surface area (Å²) in [5.41, 5.74) is 0.802. The van der Waals surface area contributed by atoms with Gasteiger partial charge in [0.15, 0.2) is 5.69 Å². The Kier molecular flexibility index (Phi) is 4.21. The third-order valence-electron chi connectivity index (χ3n) is 3.97. The number of pyridine rings is 1. The van der Waals surface area contributed by atoms with Crippen molar-refractivity contribution in [2.45, 2.75) is 9.79 Å². The molecule has 0 atom stereocenters. The Bertz CT molecular complexity index is 1180. The maximum Gasteiger partial charge on any atom is 0.363 e. The Labute approximate surface area is 155 Å². The minimum absolute atomic E-state index is 0.126. The van der Waals surface area contributed by atoms with Gasteiger partial charge in [-0.3, -0.25) is 0 Å². The number of sulfone groups is 1. The average molecular weight is 378 g/mol. The molecule has 0 saturated carbocycles. The number of aromatic nitrogens is 2. The summed E-state index contributed by atoms with van der Waals surface area (Å²) in [6.07, 6.45) is 3.36. The molecule has 0 aliphatic rings. The molecule has 0 saturated heterocycles. The third kappa shape index (κ3) is 3.32. The van der Waals surface area contributed by atoms with E-state index >= 15 is 0 Å². The molecule has 2 aromatic heterocycles. The topological polar surface area (TPSA) is 77.7 Å². The molecule has 0 spiro atoms. The average Bonchev–Trinajstić information content (AvgIpc) is 3.13. The van der Waals surface area contributed by atoms with Gasteiger partial charge in [-0.25, -0.2) is 18.2 Å². The number of rotatable bonds is 4. The molecule has 0 bridgehead atoms. The van der Waals surface area contributed by atoms with Crippen LogP contribution in [-0.2, 0) is 9.84 Å². The highest BCUT2D eigenvalue weighted by molar-refractivity contribution is 7.91. The van der Waals surface area contributed by atoms with Gasteiger partial charge in [0.2, 0.25) is 9.84 Å². The first kappa shape index (κ1) is 17.0. The number of carbonyl (C=O) groups excluding carboxylic acids is 1. The lowest BCUT2D eigenvalue weighted by Crippen LogP contribution is -2.09. The molecule has 0 N–H and O–H groups in total. The van der Waals surface area contributed by atoms with Crippen LogP contribution in [0.2, 0.25) is 0 Å². The van der Waals surface area contributed by atoms with Gasteiger partial charge in [-0.2, -0.15) is 0 Å². The summed E-state index contributed by atoms with van der Waals surface area (Å²) in [5.74, 6) is -0.374. The van der Waals surface area contributed by atoms with Crippen molar-refractivity contribution < 1.29 is 17.9 Å². The largest absolute Gasteiger partial charge is 0.422 e. The zero-order valence-corrected chi connectivity index (χ0v) is 14.8. The van der Waals surface area contributed by atoms with E-state index in [9.17, 15) is 13.2 Å². The van der Waals surface area contributed by atoms with Gasteiger partial charge in [0.05, 0.1) is 9.79 Å². The normalized spacial score (nSPS) is 11.4. The third-order valence-corrected chi connectivity index (χ3v) is 5.76. The summed E-state index contributed by atoms with van der Waals surface area (Å²) in [6.45, 7) is 0. The van der Waals surface area contributed by atoms with E-state index in [-0.39, 0.29) is 21.2 Å². The van der Waals surface area contributed by atoms with E-state index in [1.54, 1.807) is 41.1 Å². The van der Waals surface area contributed by atoms with Crippen LogP contribution in [0.15, 0.2) is 95.0 Å². The lowest BCUT2D eigenvalue weighted by atomic mass is 10.3. The number of esters is 1. The molecular weight excluding hydrogens is 364 g/mol. The van der Waals surface area contributed by atoms with Crippen molar-refractivity contribution in [3.05, 3.63) is 90.9 Å². The fourth-order valence-electron chi connectivity index (χ4n) is 2.61. The van der Waals surface area contributed by atoms with Gasteiger partial charge in [-0.05, 0) is 48.5 Å². The van der Waals surface area contributed by atoms with Crippen LogP contribution in [0, 0.1) is 0 Å². The monoisotopic (exact) mass is 378 g/mol. The van der Waals surface area contributed by atoms with Crippen molar-refractivity contribution in [1.29, 1.82) is 0 Å². The molecule has 0 amide bonds. The van der Waals surface area contributed by atoms with Crippen LogP contribution >= 0.6 is 0 Å². The Hall–Kier alpha value is -3.45. The number of carbonyl (C=O) groups is 1. The van der Waals surface area contributed by atoms with Gasteiger partial charge in [0, 0.05) is 12.4 Å². The van der Waals surface area contributed by atoms with E-state index < -0.39 is 15.8 Å². The van der Waals surface area contributed by atoms with Crippen molar-refractivity contribution in [2.75, 3.05) is 0 Å². The van der Waals surface area contributed by atoms with Gasteiger partial charge < -0.3 is 9.14 Å². The fourth-order valence-corrected chi connectivity index (χ4v) is 3.90. The standard InChI is InChI=1S/C20H14N2O4S/c23-20(18-14-22-13-5-4-8-19(22)21-18)26-15-9-11-17(12-10-15)27(24,25)16-6-2-1-3-7-16/h1-14H. The first-order valence-corrected chi connectivity index (χ1v) is 9.58. The van der Waals surface area contributed by atoms with Gasteiger partial charge in [0.25, 0.3) is 0 Å². The van der Waals surface area contributed by atoms with Crippen LogP contribution in [0.25, 0.3) is 5.65 Å². The molecule has 0 unspecified atom stereocenters. The minimum Gasteiger partial charge on any atom is -0.422 e. The van der Waals surface area contributed by atoms with Gasteiger partial charge in [-0.1, -0.05) is 24.3 Å². The van der Waals surface area contributed by atoms with Crippen LogP contribution in [0.4, 0.5) is 0 Å². The number of nitrogens with zero attached hydrogens (tertiary/aromatic N) is 2. The Morgan fingerprint density at radius 1 is 0.852 bits per heavy atom. The molecule has 0 aliphatic carbocycles. The summed E-state index contributed by atoms with van der Waals surface area (Å²) < 4.78 is 32.1. The number of benzene rings is 2. The number of hydrogen-bond acceptors (Lipinski definition) is 5. The van der Waals surface area contributed by atoms with Gasteiger partial charge in [-0.15, -0.1) is 0 Å². The predicted molar refractivity (Wildman–Crippen MR) is 98.5 cm³/mol. The van der Waals surface area contributed by atoms with Crippen molar-refractivity contribution >= 4 is 21.5 Å². The number of hydrogen-bond donors (Lipinski definition) is 0. The molecule has 27 heavy (non-hydrogen) atoms. The smallest absolute Gasteiger partial charge is 0.363 e. The summed E-state index contributed by atoms with van der Waals surface area (Å²) >= 11 is 0. The first-order valence-electron chi connectivity index (χ1n) is 8.10. The van der Waals surface area contributed by atoms with E-state index in [1.165, 1.54) is 36.4 Å². The van der Waals surface area contributed by atoms with Crippen molar-refractivity contribution in [2.24, 2.45) is 0 Å².